The summed E-state index contributed by atoms with van der Waals surface area (Å²) in [5.74, 6) is 0. The molecule has 0 nitrogen and oxygen atoms in total. The summed E-state index contributed by atoms with van der Waals surface area (Å²) in [6, 6.07) is 0. The fourth-order valence-electron chi connectivity index (χ4n) is 0. The highest BCUT2D eigenvalue weighted by Gasteiger charge is 1.80. The molecule has 0 saturated heterocycles. The van der Waals surface area contributed by atoms with Crippen molar-refractivity contribution in [2.24, 2.45) is 0 Å². The van der Waals surface area contributed by atoms with E-state index in [-0.39, 0.29) is 0 Å². The van der Waals surface area contributed by atoms with Gasteiger partial charge >= 0.3 is 0 Å². The van der Waals surface area contributed by atoms with E-state index in [1.54, 1.807) is 0 Å². The Morgan fingerprint density at radius 1 is 1.50 bits per heavy atom. The zero-order valence-corrected chi connectivity index (χ0v) is 6.10. The largest absolute Gasteiger partial charge is 0.0886 e. The second kappa shape index (κ2) is 2.64. The molecule has 0 aromatic heterocycles. The first-order chi connectivity index (χ1) is 2.64. The van der Waals surface area contributed by atoms with Gasteiger partial charge in [-0.25, -0.2) is 0 Å². The molecule has 0 aliphatic rings. The third-order valence-electron chi connectivity index (χ3n) is 0.475. The van der Waals surface area contributed by atoms with E-state index in [1.165, 1.54) is 0 Å². The van der Waals surface area contributed by atoms with E-state index >= 15 is 0 Å². The first kappa shape index (κ1) is 6.51. The number of hydrogen-bond acceptors (Lipinski definition) is 0. The zero-order chi connectivity index (χ0) is 5.15. The molecule has 0 unspecified atom stereocenters. The van der Waals surface area contributed by atoms with Crippen LogP contribution >= 0.6 is 27.5 Å². The quantitative estimate of drug-likeness (QED) is 0.523. The molecule has 0 heterocycles. The van der Waals surface area contributed by atoms with Crippen molar-refractivity contribution in [3.63, 3.8) is 0 Å². The molecule has 0 rings (SSSR count). The van der Waals surface area contributed by atoms with E-state index in [0.29, 0.717) is 0 Å². The van der Waals surface area contributed by atoms with Crippen LogP contribution in [0.3, 0.4) is 0 Å². The maximum absolute atomic E-state index is 5.45. The second-order valence-electron chi connectivity index (χ2n) is 1.07. The highest BCUT2D eigenvalue weighted by molar-refractivity contribution is 9.11. The standard InChI is InChI=1S/C4H6BrCl/c1-3(5)4(2)6/h1-2H3/b4-3-. The Morgan fingerprint density at radius 3 is 1.67 bits per heavy atom. The van der Waals surface area contributed by atoms with Crippen LogP contribution in [-0.4, -0.2) is 0 Å². The molecular formula is C4H6BrCl. The molecular weight excluding hydrogens is 163 g/mol. The van der Waals surface area contributed by atoms with Gasteiger partial charge in [-0.2, -0.15) is 0 Å². The average Bonchev–Trinajstić information content (AvgIpc) is 1.36. The van der Waals surface area contributed by atoms with Gasteiger partial charge in [0.05, 0.1) is 0 Å². The molecule has 0 aromatic carbocycles. The van der Waals surface area contributed by atoms with E-state index in [9.17, 15) is 0 Å². The Bertz CT molecular complexity index is 57.6. The van der Waals surface area contributed by atoms with Crippen molar-refractivity contribution in [1.82, 2.24) is 0 Å². The molecule has 2 heteroatoms. The minimum Gasteiger partial charge on any atom is -0.0886 e. The van der Waals surface area contributed by atoms with Crippen LogP contribution < -0.4 is 0 Å². The molecule has 0 aromatic rings. The van der Waals surface area contributed by atoms with Gasteiger partial charge in [-0.3, -0.25) is 0 Å². The molecule has 0 saturated carbocycles. The Kier molecular flexibility index (Phi) is 2.87. The Morgan fingerprint density at radius 2 is 1.67 bits per heavy atom. The zero-order valence-electron chi connectivity index (χ0n) is 3.76. The van der Waals surface area contributed by atoms with Gasteiger partial charge in [0.25, 0.3) is 0 Å². The maximum atomic E-state index is 5.45. The molecule has 0 aliphatic heterocycles. The van der Waals surface area contributed by atoms with Gasteiger partial charge < -0.3 is 0 Å². The SMILES string of the molecule is C/C(Cl)=C(\C)Br. The molecule has 0 aliphatic carbocycles. The van der Waals surface area contributed by atoms with Crippen LogP contribution in [0, 0.1) is 0 Å². The normalized spacial score (nSPS) is 14.0. The van der Waals surface area contributed by atoms with Crippen LogP contribution in [0.1, 0.15) is 13.8 Å². The lowest BCUT2D eigenvalue weighted by molar-refractivity contribution is 1.56. The van der Waals surface area contributed by atoms with Crippen LogP contribution in [0.5, 0.6) is 0 Å². The van der Waals surface area contributed by atoms with E-state index < -0.39 is 0 Å². The molecule has 0 N–H and O–H groups in total. The van der Waals surface area contributed by atoms with Gasteiger partial charge in [-0.15, -0.1) is 0 Å². The number of halogens is 2. The van der Waals surface area contributed by atoms with Gasteiger partial charge in [-0.05, 0) is 13.8 Å². The predicted octanol–water partition coefficient (Wildman–Crippen LogP) is 2.87. The van der Waals surface area contributed by atoms with Gasteiger partial charge in [0.2, 0.25) is 0 Å². The van der Waals surface area contributed by atoms with Gasteiger partial charge in [0, 0.05) is 9.51 Å². The average molecular weight is 169 g/mol. The summed E-state index contributed by atoms with van der Waals surface area (Å²) in [6.07, 6.45) is 0. The van der Waals surface area contributed by atoms with Crippen molar-refractivity contribution in [3.8, 4) is 0 Å². The van der Waals surface area contributed by atoms with Crippen LogP contribution in [-0.2, 0) is 0 Å². The second-order valence-corrected chi connectivity index (χ2v) is 2.82. The number of rotatable bonds is 0. The maximum Gasteiger partial charge on any atom is 0.0248 e. The minimum absolute atomic E-state index is 0.815. The highest BCUT2D eigenvalue weighted by Crippen LogP contribution is 2.12. The summed E-state index contributed by atoms with van der Waals surface area (Å²) in [7, 11) is 0. The predicted molar refractivity (Wildman–Crippen MR) is 33.2 cm³/mol. The van der Waals surface area contributed by atoms with E-state index in [0.717, 1.165) is 9.51 Å². The smallest absolute Gasteiger partial charge is 0.0248 e. The fourth-order valence-corrected chi connectivity index (χ4v) is 0. The van der Waals surface area contributed by atoms with Crippen molar-refractivity contribution in [1.29, 1.82) is 0 Å². The van der Waals surface area contributed by atoms with Gasteiger partial charge in [0.15, 0.2) is 0 Å². The number of hydrogen-bond donors (Lipinski definition) is 0. The Labute approximate surface area is 51.3 Å². The Balaban J connectivity index is 3.68. The van der Waals surface area contributed by atoms with Crippen molar-refractivity contribution >= 4 is 27.5 Å². The van der Waals surface area contributed by atoms with E-state index in [1.807, 2.05) is 13.8 Å². The molecule has 6 heavy (non-hydrogen) atoms. The lowest BCUT2D eigenvalue weighted by atomic mass is 10.6. The van der Waals surface area contributed by atoms with Gasteiger partial charge in [-0.1, -0.05) is 27.5 Å². The lowest BCUT2D eigenvalue weighted by Gasteiger charge is -1.82. The van der Waals surface area contributed by atoms with Crippen LogP contribution in [0.2, 0.25) is 0 Å². The van der Waals surface area contributed by atoms with Crippen molar-refractivity contribution in [2.75, 3.05) is 0 Å². The van der Waals surface area contributed by atoms with Crippen LogP contribution in [0.4, 0.5) is 0 Å². The third kappa shape index (κ3) is 2.73. The summed E-state index contributed by atoms with van der Waals surface area (Å²) in [6.45, 7) is 3.74. The summed E-state index contributed by atoms with van der Waals surface area (Å²) in [5.41, 5.74) is 0. The minimum atomic E-state index is 0.815. The first-order valence-electron chi connectivity index (χ1n) is 1.63. The van der Waals surface area contributed by atoms with Gasteiger partial charge in [0.1, 0.15) is 0 Å². The molecule has 0 spiro atoms. The molecule has 0 bridgehead atoms. The Hall–Kier alpha value is 0.510. The van der Waals surface area contributed by atoms with Crippen LogP contribution in [0.15, 0.2) is 9.51 Å². The third-order valence-corrected chi connectivity index (χ3v) is 1.58. The topological polar surface area (TPSA) is 0 Å². The van der Waals surface area contributed by atoms with Crippen molar-refractivity contribution in [3.05, 3.63) is 9.51 Å². The summed E-state index contributed by atoms with van der Waals surface area (Å²) >= 11 is 8.63. The lowest BCUT2D eigenvalue weighted by Crippen LogP contribution is -1.56. The molecule has 0 radical (unpaired) electrons. The molecule has 0 amide bonds. The molecule has 0 atom stereocenters. The summed E-state index contributed by atoms with van der Waals surface area (Å²) in [4.78, 5) is 0. The van der Waals surface area contributed by atoms with Crippen LogP contribution in [0.25, 0.3) is 0 Å². The van der Waals surface area contributed by atoms with Crippen molar-refractivity contribution in [2.45, 2.75) is 13.8 Å². The van der Waals surface area contributed by atoms with E-state index in [4.69, 9.17) is 11.6 Å². The monoisotopic (exact) mass is 168 g/mol. The molecule has 0 fully saturated rings. The summed E-state index contributed by atoms with van der Waals surface area (Å²) in [5, 5.41) is 0.815. The van der Waals surface area contributed by atoms with Crippen molar-refractivity contribution < 1.29 is 0 Å². The first-order valence-corrected chi connectivity index (χ1v) is 2.80. The number of allylic oxidation sites excluding steroid dienone is 2. The summed E-state index contributed by atoms with van der Waals surface area (Å²) < 4.78 is 1.00. The fraction of sp³-hybridized carbons (Fsp3) is 0.500. The molecule has 36 valence electrons. The van der Waals surface area contributed by atoms with E-state index in [2.05, 4.69) is 15.9 Å². The highest BCUT2D eigenvalue weighted by atomic mass is 79.9.